The number of hydrogen-bond donors (Lipinski definition) is 1. The van der Waals surface area contributed by atoms with Gasteiger partial charge in [-0.05, 0) is 122 Å². The minimum absolute atomic E-state index is 0.0310. The summed E-state index contributed by atoms with van der Waals surface area (Å²) >= 11 is 0. The van der Waals surface area contributed by atoms with Crippen molar-refractivity contribution in [2.75, 3.05) is 40.9 Å². The monoisotopic (exact) mass is 1230 g/mol. The lowest BCUT2D eigenvalue weighted by atomic mass is 10.0. The van der Waals surface area contributed by atoms with Crippen LogP contribution in [0.25, 0.3) is 0 Å². The van der Waals surface area contributed by atoms with Crippen LogP contribution < -0.4 is 10.2 Å². The maximum Gasteiger partial charge on any atom is 0.306 e. The van der Waals surface area contributed by atoms with Gasteiger partial charge in [-0.15, -0.1) is 0 Å². The summed E-state index contributed by atoms with van der Waals surface area (Å²) in [6.07, 6.45) is 91.7. The first kappa shape index (κ1) is 83.4. The molecular weight excluding hydrogens is 1100 g/mol. The fraction of sp³-hybridized carbons (Fsp3) is 0.714. The number of carbonyl (C=O) groups excluding carboxylic acids is 2. The van der Waals surface area contributed by atoms with Gasteiger partial charge >= 0.3 is 5.97 Å². The van der Waals surface area contributed by atoms with Crippen molar-refractivity contribution in [3.8, 4) is 0 Å². The summed E-state index contributed by atoms with van der Waals surface area (Å²) < 4.78 is 30.5. The number of esters is 1. The Bertz CT molecular complexity index is 1900. The third-order valence-electron chi connectivity index (χ3n) is 15.4. The number of phosphoric acid groups is 1. The van der Waals surface area contributed by atoms with Crippen LogP contribution in [0.15, 0.2) is 122 Å². The fourth-order valence-electron chi connectivity index (χ4n) is 9.89. The largest absolute Gasteiger partial charge is 0.756 e. The van der Waals surface area contributed by atoms with Gasteiger partial charge in [-0.25, -0.2) is 0 Å². The van der Waals surface area contributed by atoms with Gasteiger partial charge in [-0.3, -0.25) is 14.2 Å². The Hall–Kier alpha value is -3.59. The van der Waals surface area contributed by atoms with Crippen molar-refractivity contribution in [1.82, 2.24) is 5.32 Å². The topological polar surface area (TPSA) is 114 Å². The summed E-state index contributed by atoms with van der Waals surface area (Å²) in [5, 5.41) is 3.04. The van der Waals surface area contributed by atoms with E-state index in [0.29, 0.717) is 17.4 Å². The number of amides is 1. The lowest BCUT2D eigenvalue weighted by Crippen LogP contribution is -2.47. The van der Waals surface area contributed by atoms with E-state index in [1.54, 1.807) is 0 Å². The SMILES string of the molecule is CC/C=C\C/C=C\C/C=C\C/C=C\C/C=C\C/C=C\CCCCCCCCCCC(=O)NC(COP(=O)([O-])OCC[N+](C)(C)C)C(/C=C\CCCCCCCCCCCCC)OC(=O)CCCCCCCCCC/C=C\C/C=C\C/C=C\CCCCC. The Morgan fingerprint density at radius 1 is 0.414 bits per heavy atom. The zero-order chi connectivity index (χ0) is 63.5. The van der Waals surface area contributed by atoms with Gasteiger partial charge < -0.3 is 28.5 Å². The molecule has 0 aromatic rings. The van der Waals surface area contributed by atoms with Gasteiger partial charge in [0.25, 0.3) is 7.82 Å². The van der Waals surface area contributed by atoms with Crippen molar-refractivity contribution in [3.63, 3.8) is 0 Å². The van der Waals surface area contributed by atoms with Crippen LogP contribution in [-0.4, -0.2) is 69.4 Å². The average Bonchev–Trinajstić information content (AvgIpc) is 3.69. The quantitative estimate of drug-likeness (QED) is 0.0212. The molecule has 0 heterocycles. The van der Waals surface area contributed by atoms with E-state index in [-0.39, 0.29) is 24.9 Å². The van der Waals surface area contributed by atoms with Gasteiger partial charge in [0.15, 0.2) is 0 Å². The zero-order valence-corrected chi connectivity index (χ0v) is 58.1. The highest BCUT2D eigenvalue weighted by molar-refractivity contribution is 7.45. The minimum atomic E-state index is -4.72. The van der Waals surface area contributed by atoms with Crippen LogP contribution in [0.5, 0.6) is 0 Å². The van der Waals surface area contributed by atoms with Crippen molar-refractivity contribution >= 4 is 19.7 Å². The molecule has 0 radical (unpaired) electrons. The Morgan fingerprint density at radius 3 is 1.13 bits per heavy atom. The molecule has 10 heteroatoms. The number of quaternary nitrogens is 1. The first-order valence-electron chi connectivity index (χ1n) is 35.8. The predicted octanol–water partition coefficient (Wildman–Crippen LogP) is 22.4. The minimum Gasteiger partial charge on any atom is -0.756 e. The number of carbonyl (C=O) groups is 2. The standard InChI is InChI=1S/C77H135N2O7P/c1-7-10-13-16-19-22-25-28-30-32-34-36-37-38-39-40-41-43-44-46-48-51-54-57-60-63-66-69-76(80)78-74(73-85-87(82,83)84-72-71-79(4,5)6)75(68-65-62-59-56-53-50-27-24-21-18-15-12-9-3)86-77(81)70-67-64-61-58-55-52-49-47-45-42-35-33-31-29-26-23-20-17-14-11-8-2/h10,13,19-20,22-23,28-31,34-36,38-39,41-43,65,68,74-75H,7-9,11-12,14-18,21,24-27,32-33,37,40,44-64,66-67,69-73H2,1-6H3,(H-,78,80,82,83)/b13-10-,22-19-,23-20-,30-28-,31-29-,36-34-,39-38-,42-35-,43-41-,68-65-. The highest BCUT2D eigenvalue weighted by Crippen LogP contribution is 2.38. The van der Waals surface area contributed by atoms with Gasteiger partial charge in [0.2, 0.25) is 5.91 Å². The van der Waals surface area contributed by atoms with Crippen LogP contribution in [0.4, 0.5) is 0 Å². The number of phosphoric ester groups is 1. The molecule has 1 N–H and O–H groups in total. The van der Waals surface area contributed by atoms with E-state index in [1.807, 2.05) is 33.3 Å². The highest BCUT2D eigenvalue weighted by atomic mass is 31.2. The summed E-state index contributed by atoms with van der Waals surface area (Å²) in [5.74, 6) is -0.559. The lowest BCUT2D eigenvalue weighted by molar-refractivity contribution is -0.870. The van der Waals surface area contributed by atoms with Gasteiger partial charge in [-0.2, -0.15) is 0 Å². The van der Waals surface area contributed by atoms with E-state index >= 15 is 0 Å². The fourth-order valence-corrected chi connectivity index (χ4v) is 10.6. The third-order valence-corrected chi connectivity index (χ3v) is 16.3. The van der Waals surface area contributed by atoms with Gasteiger partial charge in [0, 0.05) is 12.8 Å². The van der Waals surface area contributed by atoms with Crippen molar-refractivity contribution in [3.05, 3.63) is 122 Å². The number of allylic oxidation sites excluding steroid dienone is 19. The van der Waals surface area contributed by atoms with E-state index < -0.39 is 26.6 Å². The number of ether oxygens (including phenoxy) is 1. The maximum absolute atomic E-state index is 13.6. The van der Waals surface area contributed by atoms with Gasteiger partial charge in [-0.1, -0.05) is 290 Å². The Labute approximate surface area is 537 Å². The number of rotatable bonds is 64. The normalized spacial score (nSPS) is 14.2. The van der Waals surface area contributed by atoms with Crippen molar-refractivity contribution in [2.45, 2.75) is 315 Å². The number of likely N-dealkylation sites (N-methyl/N-ethyl adjacent to an activating group) is 1. The number of hydrogen-bond acceptors (Lipinski definition) is 7. The first-order valence-corrected chi connectivity index (χ1v) is 37.3. The molecule has 0 aromatic heterocycles. The predicted molar refractivity (Wildman–Crippen MR) is 376 cm³/mol. The molecule has 0 aromatic carbocycles. The Morgan fingerprint density at radius 2 is 0.736 bits per heavy atom. The smallest absolute Gasteiger partial charge is 0.306 e. The number of nitrogens with one attached hydrogen (secondary N) is 1. The second kappa shape index (κ2) is 65.4. The zero-order valence-electron chi connectivity index (χ0n) is 57.2. The van der Waals surface area contributed by atoms with Crippen LogP contribution in [-0.2, 0) is 27.9 Å². The molecule has 0 saturated heterocycles. The van der Waals surface area contributed by atoms with Crippen LogP contribution in [0.1, 0.15) is 303 Å². The molecule has 3 unspecified atom stereocenters. The molecule has 0 aliphatic rings. The van der Waals surface area contributed by atoms with E-state index in [4.69, 9.17) is 13.8 Å². The van der Waals surface area contributed by atoms with Crippen LogP contribution in [0, 0.1) is 0 Å². The summed E-state index contributed by atoms with van der Waals surface area (Å²) in [7, 11) is 1.16. The molecule has 3 atom stereocenters. The van der Waals surface area contributed by atoms with Crippen LogP contribution >= 0.6 is 7.82 Å². The highest BCUT2D eigenvalue weighted by Gasteiger charge is 2.27. The van der Waals surface area contributed by atoms with Crippen molar-refractivity contribution in [1.29, 1.82) is 0 Å². The van der Waals surface area contributed by atoms with E-state index in [2.05, 4.69) is 135 Å². The molecule has 0 fully saturated rings. The van der Waals surface area contributed by atoms with Crippen molar-refractivity contribution in [2.24, 2.45) is 0 Å². The van der Waals surface area contributed by atoms with Gasteiger partial charge in [0.1, 0.15) is 19.3 Å². The van der Waals surface area contributed by atoms with Crippen LogP contribution in [0.3, 0.4) is 0 Å². The molecule has 0 aliphatic carbocycles. The molecule has 0 saturated carbocycles. The maximum atomic E-state index is 13.6. The summed E-state index contributed by atoms with van der Waals surface area (Å²) in [5.41, 5.74) is 0. The summed E-state index contributed by atoms with van der Waals surface area (Å²) in [4.78, 5) is 40.2. The Kier molecular flexibility index (Phi) is 62.7. The van der Waals surface area contributed by atoms with E-state index in [0.717, 1.165) is 135 Å². The molecular formula is C77H135N2O7P. The molecule has 87 heavy (non-hydrogen) atoms. The molecule has 9 nitrogen and oxygen atoms in total. The molecule has 0 aliphatic heterocycles. The number of unbranched alkanes of at least 4 members (excludes halogenated alkanes) is 30. The third kappa shape index (κ3) is 66.7. The van der Waals surface area contributed by atoms with E-state index in [9.17, 15) is 19.0 Å². The molecule has 500 valence electrons. The molecule has 0 bridgehead atoms. The van der Waals surface area contributed by atoms with Crippen LogP contribution in [0.2, 0.25) is 0 Å². The Balaban J connectivity index is 5.15. The summed E-state index contributed by atoms with van der Waals surface area (Å²) in [6.45, 7) is 6.70. The second-order valence-corrected chi connectivity index (χ2v) is 26.4. The second-order valence-electron chi connectivity index (χ2n) is 25.0. The molecule has 0 rings (SSSR count). The summed E-state index contributed by atoms with van der Waals surface area (Å²) in [6, 6.07) is -0.906. The van der Waals surface area contributed by atoms with Gasteiger partial charge in [0.05, 0.1) is 33.8 Å². The molecule has 1 amide bonds. The van der Waals surface area contributed by atoms with Crippen molar-refractivity contribution < 1.29 is 37.3 Å². The first-order chi connectivity index (χ1) is 42.4. The molecule has 0 spiro atoms. The average molecular weight is 1230 g/mol. The van der Waals surface area contributed by atoms with E-state index in [1.165, 1.54) is 135 Å². The lowest BCUT2D eigenvalue weighted by Gasteiger charge is -2.30. The number of nitrogens with zero attached hydrogens (tertiary/aromatic N) is 1.